The highest BCUT2D eigenvalue weighted by Crippen LogP contribution is 2.20. The van der Waals surface area contributed by atoms with E-state index in [-0.39, 0.29) is 5.82 Å². The third kappa shape index (κ3) is 2.41. The van der Waals surface area contributed by atoms with Gasteiger partial charge in [-0.3, -0.25) is 4.68 Å². The molecule has 0 saturated carbocycles. The number of hydrogen-bond donors (Lipinski definition) is 0. The van der Waals surface area contributed by atoms with Gasteiger partial charge in [0.1, 0.15) is 11.3 Å². The lowest BCUT2D eigenvalue weighted by molar-refractivity contribution is 0.530. The van der Waals surface area contributed by atoms with Gasteiger partial charge in [0, 0.05) is 31.2 Å². The molecule has 1 aromatic carbocycles. The van der Waals surface area contributed by atoms with E-state index in [1.807, 2.05) is 27.6 Å². The Kier molecular flexibility index (Phi) is 3.69. The molecule has 3 rings (SSSR count). The van der Waals surface area contributed by atoms with Crippen LogP contribution in [0.25, 0.3) is 11.0 Å². The third-order valence-electron chi connectivity index (χ3n) is 3.24. The summed E-state index contributed by atoms with van der Waals surface area (Å²) in [6, 6.07) is 6.89. The fraction of sp³-hybridized carbons (Fsp3) is 0.286. The number of alkyl halides is 1. The molecule has 2 heterocycles. The van der Waals surface area contributed by atoms with E-state index in [1.54, 1.807) is 12.3 Å². The summed E-state index contributed by atoms with van der Waals surface area (Å²) in [7, 11) is 0. The fourth-order valence-electron chi connectivity index (χ4n) is 2.32. The van der Waals surface area contributed by atoms with E-state index < -0.39 is 0 Å². The number of hydrogen-bond acceptors (Lipinski definition) is 2. The van der Waals surface area contributed by atoms with E-state index in [0.29, 0.717) is 30.9 Å². The van der Waals surface area contributed by atoms with Gasteiger partial charge in [-0.05, 0) is 18.2 Å². The second-order valence-corrected chi connectivity index (χ2v) is 4.87. The first kappa shape index (κ1) is 13.1. The Balaban J connectivity index is 1.98. The second-order valence-electron chi connectivity index (χ2n) is 4.50. The maximum atomic E-state index is 13.8. The monoisotopic (exact) mass is 292 g/mol. The normalized spacial score (nSPS) is 11.3. The van der Waals surface area contributed by atoms with Crippen LogP contribution in [0.3, 0.4) is 0 Å². The number of fused-ring (bicyclic) bond motifs is 1. The lowest BCUT2D eigenvalue weighted by Gasteiger charge is -2.08. The van der Waals surface area contributed by atoms with Crippen molar-refractivity contribution in [2.45, 2.75) is 19.5 Å². The molecule has 0 atom stereocenters. The van der Waals surface area contributed by atoms with E-state index in [2.05, 4.69) is 10.1 Å². The fourth-order valence-corrected chi connectivity index (χ4v) is 2.49. The highest BCUT2D eigenvalue weighted by molar-refractivity contribution is 6.17. The van der Waals surface area contributed by atoms with Crippen LogP contribution in [0.2, 0.25) is 0 Å². The second kappa shape index (κ2) is 5.63. The van der Waals surface area contributed by atoms with Gasteiger partial charge < -0.3 is 4.57 Å². The minimum atomic E-state index is -0.295. The zero-order valence-corrected chi connectivity index (χ0v) is 11.6. The first-order valence-corrected chi connectivity index (χ1v) is 7.00. The molecule has 0 N–H and O–H groups in total. The van der Waals surface area contributed by atoms with Crippen molar-refractivity contribution in [3.63, 3.8) is 0 Å². The minimum Gasteiger partial charge on any atom is -0.326 e. The van der Waals surface area contributed by atoms with Crippen LogP contribution < -0.4 is 0 Å². The van der Waals surface area contributed by atoms with Crippen LogP contribution in [0.1, 0.15) is 5.82 Å². The summed E-state index contributed by atoms with van der Waals surface area (Å²) in [5.41, 5.74) is 1.21. The van der Waals surface area contributed by atoms with Crippen LogP contribution >= 0.6 is 11.6 Å². The molecule has 0 spiro atoms. The number of aryl methyl sites for hydroxylation is 3. The van der Waals surface area contributed by atoms with E-state index in [4.69, 9.17) is 11.6 Å². The largest absolute Gasteiger partial charge is 0.326 e. The number of para-hydroxylation sites is 1. The van der Waals surface area contributed by atoms with Crippen LogP contribution in [0, 0.1) is 5.82 Å². The molecule has 0 unspecified atom stereocenters. The van der Waals surface area contributed by atoms with E-state index in [9.17, 15) is 4.39 Å². The van der Waals surface area contributed by atoms with E-state index >= 15 is 0 Å². The molecule has 0 aliphatic carbocycles. The van der Waals surface area contributed by atoms with Crippen LogP contribution in [0.4, 0.5) is 4.39 Å². The molecule has 0 aliphatic heterocycles. The minimum absolute atomic E-state index is 0.295. The van der Waals surface area contributed by atoms with Gasteiger partial charge in [0.15, 0.2) is 5.82 Å². The number of imidazole rings is 1. The first-order chi connectivity index (χ1) is 9.79. The van der Waals surface area contributed by atoms with Gasteiger partial charge in [-0.1, -0.05) is 6.07 Å². The van der Waals surface area contributed by atoms with Gasteiger partial charge in [-0.25, -0.2) is 9.37 Å². The van der Waals surface area contributed by atoms with Crippen molar-refractivity contribution in [3.05, 3.63) is 48.3 Å². The summed E-state index contributed by atoms with van der Waals surface area (Å²) in [6.45, 7) is 1.40. The van der Waals surface area contributed by atoms with Crippen molar-refractivity contribution < 1.29 is 4.39 Å². The standard InChI is InChI=1S/C14H14ClFN4/c15-6-5-13-18-14-11(16)3-1-4-12(14)20(13)10-9-19-8-2-7-17-19/h1-4,7-8H,5-6,9-10H2. The predicted octanol–water partition coefficient (Wildman–Crippen LogP) is 2.85. The summed E-state index contributed by atoms with van der Waals surface area (Å²) in [5.74, 6) is 0.982. The third-order valence-corrected chi connectivity index (χ3v) is 3.43. The summed E-state index contributed by atoms with van der Waals surface area (Å²) in [5, 5.41) is 4.17. The molecule has 0 bridgehead atoms. The average Bonchev–Trinajstić information content (AvgIpc) is 3.05. The highest BCUT2D eigenvalue weighted by Gasteiger charge is 2.13. The van der Waals surface area contributed by atoms with Gasteiger partial charge in [0.05, 0.1) is 12.1 Å². The molecule has 20 heavy (non-hydrogen) atoms. The lowest BCUT2D eigenvalue weighted by atomic mass is 10.3. The summed E-state index contributed by atoms with van der Waals surface area (Å²) >= 11 is 5.81. The number of benzene rings is 1. The van der Waals surface area contributed by atoms with Crippen LogP contribution in [0.5, 0.6) is 0 Å². The average molecular weight is 293 g/mol. The SMILES string of the molecule is Fc1cccc2c1nc(CCCl)n2CCn1cccn1. The van der Waals surface area contributed by atoms with Crippen molar-refractivity contribution >= 4 is 22.6 Å². The van der Waals surface area contributed by atoms with Gasteiger partial charge in [-0.2, -0.15) is 5.10 Å². The first-order valence-electron chi connectivity index (χ1n) is 6.46. The van der Waals surface area contributed by atoms with Crippen LogP contribution in [0.15, 0.2) is 36.7 Å². The zero-order chi connectivity index (χ0) is 13.9. The van der Waals surface area contributed by atoms with Crippen LogP contribution in [-0.2, 0) is 19.5 Å². The molecule has 0 saturated heterocycles. The molecule has 0 radical (unpaired) electrons. The van der Waals surface area contributed by atoms with Gasteiger partial charge in [0.2, 0.25) is 0 Å². The molecule has 0 amide bonds. The molecular formula is C14H14ClFN4. The highest BCUT2D eigenvalue weighted by atomic mass is 35.5. The quantitative estimate of drug-likeness (QED) is 0.678. The Labute approximate surface area is 120 Å². The Morgan fingerprint density at radius 3 is 2.85 bits per heavy atom. The number of rotatable bonds is 5. The van der Waals surface area contributed by atoms with Gasteiger partial charge in [0.25, 0.3) is 0 Å². The molecule has 4 nitrogen and oxygen atoms in total. The Hall–Kier alpha value is -1.88. The lowest BCUT2D eigenvalue weighted by Crippen LogP contribution is -2.11. The van der Waals surface area contributed by atoms with E-state index in [0.717, 1.165) is 11.3 Å². The zero-order valence-electron chi connectivity index (χ0n) is 10.8. The predicted molar refractivity (Wildman–Crippen MR) is 76.3 cm³/mol. The maximum Gasteiger partial charge on any atom is 0.151 e. The maximum absolute atomic E-state index is 13.8. The Morgan fingerprint density at radius 1 is 1.20 bits per heavy atom. The number of halogens is 2. The molecule has 0 fully saturated rings. The molecule has 104 valence electrons. The van der Waals surface area contributed by atoms with Crippen molar-refractivity contribution in [1.29, 1.82) is 0 Å². The smallest absolute Gasteiger partial charge is 0.151 e. The summed E-state index contributed by atoms with van der Waals surface area (Å²) in [6.07, 6.45) is 4.26. The molecular weight excluding hydrogens is 279 g/mol. The summed E-state index contributed by atoms with van der Waals surface area (Å²) in [4.78, 5) is 4.38. The molecule has 6 heteroatoms. The van der Waals surface area contributed by atoms with E-state index in [1.165, 1.54) is 6.07 Å². The van der Waals surface area contributed by atoms with Gasteiger partial charge >= 0.3 is 0 Å². The van der Waals surface area contributed by atoms with Crippen molar-refractivity contribution in [2.24, 2.45) is 0 Å². The van der Waals surface area contributed by atoms with Crippen molar-refractivity contribution in [1.82, 2.24) is 19.3 Å². The molecule has 3 aromatic rings. The molecule has 2 aromatic heterocycles. The van der Waals surface area contributed by atoms with Gasteiger partial charge in [-0.15, -0.1) is 11.6 Å². The molecule has 0 aliphatic rings. The van der Waals surface area contributed by atoms with Crippen LogP contribution in [-0.4, -0.2) is 25.2 Å². The number of nitrogens with zero attached hydrogens (tertiary/aromatic N) is 4. The summed E-state index contributed by atoms with van der Waals surface area (Å²) < 4.78 is 17.7. The Bertz CT molecular complexity index is 705. The van der Waals surface area contributed by atoms with Crippen molar-refractivity contribution in [3.8, 4) is 0 Å². The topological polar surface area (TPSA) is 35.6 Å². The Morgan fingerprint density at radius 2 is 2.10 bits per heavy atom. The number of aromatic nitrogens is 4. The van der Waals surface area contributed by atoms with Crippen molar-refractivity contribution in [2.75, 3.05) is 5.88 Å².